The number of rotatable bonds is 3. The van der Waals surface area contributed by atoms with Crippen molar-refractivity contribution in [3.63, 3.8) is 0 Å². The fraction of sp³-hybridized carbons (Fsp3) is 0. The normalized spacial score (nSPS) is 10.6. The van der Waals surface area contributed by atoms with Gasteiger partial charge in [0, 0.05) is 21.3 Å². The van der Waals surface area contributed by atoms with Crippen molar-refractivity contribution >= 4 is 33.5 Å². The molecule has 0 radical (unpaired) electrons. The second-order valence-corrected chi connectivity index (χ2v) is 5.76. The number of carboxylic acids is 1. The van der Waals surface area contributed by atoms with Crippen LogP contribution in [0.4, 0.5) is 0 Å². The van der Waals surface area contributed by atoms with Gasteiger partial charge in [-0.1, -0.05) is 29.8 Å². The minimum atomic E-state index is -1.07. The zero-order valence-electron chi connectivity index (χ0n) is 11.1. The van der Waals surface area contributed by atoms with Crippen LogP contribution in [0.2, 0.25) is 5.02 Å². The van der Waals surface area contributed by atoms with Crippen LogP contribution in [0.3, 0.4) is 0 Å². The molecule has 1 aromatic carbocycles. The predicted octanol–water partition coefficient (Wildman–Crippen LogP) is 4.05. The highest BCUT2D eigenvalue weighted by molar-refractivity contribution is 9.10. The van der Waals surface area contributed by atoms with E-state index in [1.54, 1.807) is 42.6 Å². The Bertz CT molecular complexity index is 846. The molecule has 0 fully saturated rings. The van der Waals surface area contributed by atoms with Crippen molar-refractivity contribution in [1.82, 2.24) is 14.8 Å². The zero-order chi connectivity index (χ0) is 15.7. The first-order valence-electron chi connectivity index (χ1n) is 6.26. The lowest BCUT2D eigenvalue weighted by Crippen LogP contribution is -2.04. The summed E-state index contributed by atoms with van der Waals surface area (Å²) in [5.74, 6) is -0.566. The number of hydrogen-bond donors (Lipinski definition) is 1. The third kappa shape index (κ3) is 2.63. The largest absolute Gasteiger partial charge is 0.478 e. The van der Waals surface area contributed by atoms with E-state index in [0.29, 0.717) is 22.1 Å². The zero-order valence-corrected chi connectivity index (χ0v) is 13.4. The molecule has 2 heterocycles. The summed E-state index contributed by atoms with van der Waals surface area (Å²) in [5, 5.41) is 14.0. The Morgan fingerprint density at radius 3 is 2.59 bits per heavy atom. The van der Waals surface area contributed by atoms with Crippen molar-refractivity contribution in [2.45, 2.75) is 0 Å². The highest BCUT2D eigenvalue weighted by Gasteiger charge is 2.21. The molecule has 0 aliphatic heterocycles. The van der Waals surface area contributed by atoms with Gasteiger partial charge in [0.05, 0.1) is 11.9 Å². The quantitative estimate of drug-likeness (QED) is 0.746. The van der Waals surface area contributed by atoms with Crippen LogP contribution < -0.4 is 0 Å². The van der Waals surface area contributed by atoms with Crippen LogP contribution in [0, 0.1) is 0 Å². The van der Waals surface area contributed by atoms with Gasteiger partial charge in [-0.2, -0.15) is 5.10 Å². The molecule has 0 aliphatic carbocycles. The van der Waals surface area contributed by atoms with E-state index in [1.807, 2.05) is 0 Å². The lowest BCUT2D eigenvalue weighted by atomic mass is 10.1. The van der Waals surface area contributed by atoms with E-state index in [4.69, 9.17) is 11.6 Å². The van der Waals surface area contributed by atoms with Crippen LogP contribution in [0.5, 0.6) is 0 Å². The molecule has 7 heteroatoms. The average molecular weight is 379 g/mol. The molecule has 0 saturated heterocycles. The van der Waals surface area contributed by atoms with Crippen molar-refractivity contribution in [2.24, 2.45) is 0 Å². The van der Waals surface area contributed by atoms with Gasteiger partial charge in [0.2, 0.25) is 0 Å². The Hall–Kier alpha value is -2.18. The molecule has 0 atom stereocenters. The summed E-state index contributed by atoms with van der Waals surface area (Å²) in [6.45, 7) is 0. The minimum absolute atomic E-state index is 0.0674. The molecule has 0 aliphatic rings. The Morgan fingerprint density at radius 2 is 1.95 bits per heavy atom. The van der Waals surface area contributed by atoms with Gasteiger partial charge in [-0.15, -0.1) is 0 Å². The maximum absolute atomic E-state index is 11.5. The molecule has 0 bridgehead atoms. The van der Waals surface area contributed by atoms with E-state index in [9.17, 15) is 9.90 Å². The number of halogens is 2. The van der Waals surface area contributed by atoms with Crippen LogP contribution >= 0.6 is 27.5 Å². The lowest BCUT2D eigenvalue weighted by Gasteiger charge is -2.09. The van der Waals surface area contributed by atoms with Gasteiger partial charge in [0.1, 0.15) is 5.56 Å². The summed E-state index contributed by atoms with van der Waals surface area (Å²) in [5.41, 5.74) is 1.05. The fourth-order valence-electron chi connectivity index (χ4n) is 2.08. The van der Waals surface area contributed by atoms with Crippen molar-refractivity contribution in [3.05, 3.63) is 63.9 Å². The van der Waals surface area contributed by atoms with E-state index in [0.717, 1.165) is 4.47 Å². The Kier molecular flexibility index (Phi) is 3.96. The van der Waals surface area contributed by atoms with Crippen molar-refractivity contribution in [2.75, 3.05) is 0 Å². The number of aromatic carboxylic acids is 1. The van der Waals surface area contributed by atoms with Gasteiger partial charge >= 0.3 is 5.97 Å². The maximum atomic E-state index is 11.5. The molecule has 3 rings (SSSR count). The van der Waals surface area contributed by atoms with Crippen LogP contribution in [-0.4, -0.2) is 25.8 Å². The smallest absolute Gasteiger partial charge is 0.339 e. The summed E-state index contributed by atoms with van der Waals surface area (Å²) < 4.78 is 2.29. The first kappa shape index (κ1) is 14.7. The van der Waals surface area contributed by atoms with E-state index < -0.39 is 5.97 Å². The van der Waals surface area contributed by atoms with Gasteiger partial charge in [-0.05, 0) is 34.1 Å². The van der Waals surface area contributed by atoms with E-state index in [2.05, 4.69) is 26.0 Å². The second kappa shape index (κ2) is 5.90. The van der Waals surface area contributed by atoms with Gasteiger partial charge in [0.15, 0.2) is 5.82 Å². The fourth-order valence-corrected chi connectivity index (χ4v) is 2.54. The predicted molar refractivity (Wildman–Crippen MR) is 86.5 cm³/mol. The highest BCUT2D eigenvalue weighted by Crippen LogP contribution is 2.31. The van der Waals surface area contributed by atoms with Gasteiger partial charge in [0.25, 0.3) is 0 Å². The molecule has 22 heavy (non-hydrogen) atoms. The second-order valence-electron chi connectivity index (χ2n) is 4.44. The molecule has 2 aromatic heterocycles. The van der Waals surface area contributed by atoms with Crippen LogP contribution in [-0.2, 0) is 0 Å². The minimum Gasteiger partial charge on any atom is -0.478 e. The van der Waals surface area contributed by atoms with Gasteiger partial charge in [-0.3, -0.25) is 0 Å². The monoisotopic (exact) mass is 377 g/mol. The van der Waals surface area contributed by atoms with Crippen LogP contribution in [0.1, 0.15) is 10.4 Å². The number of aromatic nitrogens is 3. The summed E-state index contributed by atoms with van der Waals surface area (Å²) >= 11 is 9.53. The number of carbonyl (C=O) groups is 1. The molecule has 0 amide bonds. The standard InChI is InChI=1S/C15H9BrClN3O2/c16-9-5-6-13(18-7-9)20-14(11(8-19-20)15(21)22)10-3-1-2-4-12(10)17/h1-8H,(H,21,22). The van der Waals surface area contributed by atoms with Crippen molar-refractivity contribution < 1.29 is 9.90 Å². The van der Waals surface area contributed by atoms with Gasteiger partial charge < -0.3 is 5.11 Å². The molecular weight excluding hydrogens is 370 g/mol. The third-order valence-corrected chi connectivity index (χ3v) is 3.86. The van der Waals surface area contributed by atoms with Crippen LogP contribution in [0.25, 0.3) is 17.1 Å². The molecule has 0 saturated carbocycles. The molecule has 110 valence electrons. The Morgan fingerprint density at radius 1 is 1.18 bits per heavy atom. The average Bonchev–Trinajstić information content (AvgIpc) is 2.93. The first-order valence-corrected chi connectivity index (χ1v) is 7.43. The number of nitrogens with zero attached hydrogens (tertiary/aromatic N) is 3. The maximum Gasteiger partial charge on any atom is 0.339 e. The van der Waals surface area contributed by atoms with Gasteiger partial charge in [-0.25, -0.2) is 14.5 Å². The van der Waals surface area contributed by atoms with E-state index in [1.165, 1.54) is 10.9 Å². The van der Waals surface area contributed by atoms with E-state index >= 15 is 0 Å². The molecule has 0 unspecified atom stereocenters. The Labute approximate surface area is 139 Å². The summed E-state index contributed by atoms with van der Waals surface area (Å²) in [6, 6.07) is 10.6. The summed E-state index contributed by atoms with van der Waals surface area (Å²) in [4.78, 5) is 15.7. The summed E-state index contributed by atoms with van der Waals surface area (Å²) in [6.07, 6.45) is 2.92. The molecular formula is C15H9BrClN3O2. The number of carboxylic acid groups (broad SMARTS) is 1. The topological polar surface area (TPSA) is 68.0 Å². The highest BCUT2D eigenvalue weighted by atomic mass is 79.9. The molecule has 1 N–H and O–H groups in total. The third-order valence-electron chi connectivity index (χ3n) is 3.06. The number of hydrogen-bond acceptors (Lipinski definition) is 3. The summed E-state index contributed by atoms with van der Waals surface area (Å²) in [7, 11) is 0. The SMILES string of the molecule is O=C(O)c1cnn(-c2ccc(Br)cn2)c1-c1ccccc1Cl. The molecule has 0 spiro atoms. The Balaban J connectivity index is 2.27. The number of pyridine rings is 1. The molecule has 3 aromatic rings. The van der Waals surface area contributed by atoms with E-state index in [-0.39, 0.29) is 5.56 Å². The lowest BCUT2D eigenvalue weighted by molar-refractivity contribution is 0.0697. The van der Waals surface area contributed by atoms with Crippen LogP contribution in [0.15, 0.2) is 53.3 Å². The van der Waals surface area contributed by atoms with Crippen molar-refractivity contribution in [3.8, 4) is 17.1 Å². The van der Waals surface area contributed by atoms with Crippen molar-refractivity contribution in [1.29, 1.82) is 0 Å². The first-order chi connectivity index (χ1) is 10.6. The molecule has 5 nitrogen and oxygen atoms in total. The number of benzene rings is 1.